The molecule has 0 spiro atoms. The highest BCUT2D eigenvalue weighted by Crippen LogP contribution is 2.33. The van der Waals surface area contributed by atoms with Crippen LogP contribution in [-0.4, -0.2) is 59.3 Å². The monoisotopic (exact) mass is 508 g/mol. The summed E-state index contributed by atoms with van der Waals surface area (Å²) in [5.74, 6) is -0.171. The number of hydrogen-bond donors (Lipinski definition) is 1. The summed E-state index contributed by atoms with van der Waals surface area (Å²) >= 11 is 0. The van der Waals surface area contributed by atoms with Crippen LogP contribution in [0.2, 0.25) is 0 Å². The fourth-order valence-corrected chi connectivity index (χ4v) is 5.66. The van der Waals surface area contributed by atoms with Crippen LogP contribution in [0, 0.1) is 5.82 Å². The van der Waals surface area contributed by atoms with E-state index in [0.717, 1.165) is 42.6 Å². The number of aliphatic hydroxyl groups is 1. The molecule has 2 saturated heterocycles. The Morgan fingerprint density at radius 1 is 0.946 bits per heavy atom. The lowest BCUT2D eigenvalue weighted by Gasteiger charge is -2.40. The summed E-state index contributed by atoms with van der Waals surface area (Å²) in [5.41, 5.74) is 2.73. The second kappa shape index (κ2) is 12.2. The number of piperidine rings is 2. The van der Waals surface area contributed by atoms with Gasteiger partial charge in [0.2, 0.25) is 6.29 Å². The Morgan fingerprint density at radius 3 is 2.30 bits per heavy atom. The highest BCUT2D eigenvalue weighted by atomic mass is 19.1. The highest BCUT2D eigenvalue weighted by molar-refractivity contribution is 5.91. The second-order valence-corrected chi connectivity index (χ2v) is 10.4. The van der Waals surface area contributed by atoms with Crippen LogP contribution in [-0.2, 0) is 27.5 Å². The quantitative estimate of drug-likeness (QED) is 0.586. The van der Waals surface area contributed by atoms with Gasteiger partial charge in [0.05, 0.1) is 13.2 Å². The lowest BCUT2D eigenvalue weighted by atomic mass is 9.92. The Balaban J connectivity index is 1.26. The van der Waals surface area contributed by atoms with Crippen molar-refractivity contribution in [2.75, 3.05) is 26.2 Å². The van der Waals surface area contributed by atoms with Crippen molar-refractivity contribution < 1.29 is 23.8 Å². The van der Waals surface area contributed by atoms with E-state index in [-0.39, 0.29) is 24.2 Å². The summed E-state index contributed by atoms with van der Waals surface area (Å²) in [7, 11) is 0. The number of halogens is 1. The third kappa shape index (κ3) is 6.58. The van der Waals surface area contributed by atoms with Crippen LogP contribution in [0.25, 0.3) is 0 Å². The molecular weight excluding hydrogens is 471 g/mol. The second-order valence-electron chi connectivity index (χ2n) is 10.4. The molecule has 0 aromatic heterocycles. The average Bonchev–Trinajstić information content (AvgIpc) is 2.97. The minimum Gasteiger partial charge on any atom is -0.459 e. The normalized spacial score (nSPS) is 23.4. The molecule has 2 aromatic carbocycles. The molecule has 3 aliphatic heterocycles. The Labute approximate surface area is 218 Å². The molecule has 0 saturated carbocycles. The maximum atomic E-state index is 13.6. The molecule has 7 heteroatoms. The molecule has 2 fully saturated rings. The van der Waals surface area contributed by atoms with Gasteiger partial charge in [-0.1, -0.05) is 42.8 Å². The molecule has 5 rings (SSSR count). The first-order valence-corrected chi connectivity index (χ1v) is 13.6. The molecule has 0 bridgehead atoms. The number of allylic oxidation sites excluding steroid dienone is 1. The van der Waals surface area contributed by atoms with Crippen molar-refractivity contribution in [3.8, 4) is 0 Å². The molecule has 0 unspecified atom stereocenters. The Kier molecular flexibility index (Phi) is 8.54. The minimum absolute atomic E-state index is 0.00221. The van der Waals surface area contributed by atoms with Crippen LogP contribution in [0.15, 0.2) is 60.4 Å². The summed E-state index contributed by atoms with van der Waals surface area (Å²) in [6.07, 6.45) is 7.67. The van der Waals surface area contributed by atoms with Crippen molar-refractivity contribution in [3.05, 3.63) is 82.9 Å². The Bertz CT molecular complexity index is 1060. The number of amides is 1. The molecule has 0 radical (unpaired) electrons. The van der Waals surface area contributed by atoms with Gasteiger partial charge in [-0.15, -0.1) is 0 Å². The summed E-state index contributed by atoms with van der Waals surface area (Å²) in [5, 5.41) is 9.27. The van der Waals surface area contributed by atoms with E-state index in [4.69, 9.17) is 9.47 Å². The van der Waals surface area contributed by atoms with Gasteiger partial charge >= 0.3 is 0 Å². The van der Waals surface area contributed by atoms with Crippen LogP contribution in [0.4, 0.5) is 4.39 Å². The van der Waals surface area contributed by atoms with Crippen molar-refractivity contribution >= 4 is 5.91 Å². The van der Waals surface area contributed by atoms with Gasteiger partial charge in [0, 0.05) is 31.5 Å². The number of hydrogen-bond acceptors (Lipinski definition) is 5. The van der Waals surface area contributed by atoms with E-state index in [1.165, 1.54) is 44.5 Å². The number of rotatable bonds is 7. The number of benzene rings is 2. The predicted octanol–water partition coefficient (Wildman–Crippen LogP) is 4.73. The summed E-state index contributed by atoms with van der Waals surface area (Å²) in [6.45, 7) is 4.13. The van der Waals surface area contributed by atoms with Crippen LogP contribution < -0.4 is 0 Å². The number of nitrogens with zero attached hydrogens (tertiary/aromatic N) is 2. The molecule has 2 aromatic rings. The number of likely N-dealkylation sites (tertiary alicyclic amines) is 2. The van der Waals surface area contributed by atoms with E-state index in [0.29, 0.717) is 24.8 Å². The molecule has 6 nitrogen and oxygen atoms in total. The number of carbonyl (C=O) groups is 1. The van der Waals surface area contributed by atoms with Gasteiger partial charge in [-0.25, -0.2) is 4.39 Å². The largest absolute Gasteiger partial charge is 0.459 e. The zero-order chi connectivity index (χ0) is 25.6. The van der Waals surface area contributed by atoms with Crippen molar-refractivity contribution in [3.63, 3.8) is 0 Å². The van der Waals surface area contributed by atoms with Gasteiger partial charge in [0.15, 0.2) is 5.76 Å². The van der Waals surface area contributed by atoms with Crippen LogP contribution in [0.3, 0.4) is 0 Å². The van der Waals surface area contributed by atoms with Crippen molar-refractivity contribution in [2.24, 2.45) is 0 Å². The van der Waals surface area contributed by atoms with E-state index in [1.807, 2.05) is 35.2 Å². The molecule has 37 heavy (non-hydrogen) atoms. The van der Waals surface area contributed by atoms with Crippen molar-refractivity contribution in [1.82, 2.24) is 9.80 Å². The standard InChI is InChI=1S/C30H37FN2O4/c31-26-10-8-24(9-11-26)25-18-28(37-29(19-25)36-21-23-6-4-22(20-34)5-7-23)30(35)33-16-12-27(13-17-33)32-14-2-1-3-15-32/h4-11,18,25,27,29,34H,1-3,12-17,19-21H2/t25-,29+/m0/s1. The van der Waals surface area contributed by atoms with Gasteiger partial charge in [-0.05, 0) is 73.7 Å². The predicted molar refractivity (Wildman–Crippen MR) is 139 cm³/mol. The maximum Gasteiger partial charge on any atom is 0.288 e. The topological polar surface area (TPSA) is 62.2 Å². The molecule has 0 aliphatic carbocycles. The zero-order valence-electron chi connectivity index (χ0n) is 21.4. The average molecular weight is 509 g/mol. The molecule has 3 aliphatic rings. The summed E-state index contributed by atoms with van der Waals surface area (Å²) in [4.78, 5) is 18.0. The first-order valence-electron chi connectivity index (χ1n) is 13.6. The molecule has 2 atom stereocenters. The van der Waals surface area contributed by atoms with Gasteiger partial charge in [-0.2, -0.15) is 0 Å². The van der Waals surface area contributed by atoms with Gasteiger partial charge in [0.1, 0.15) is 5.82 Å². The lowest BCUT2D eigenvalue weighted by molar-refractivity contribution is -0.157. The molecular formula is C30H37FN2O4. The number of aliphatic hydroxyl groups excluding tert-OH is 1. The van der Waals surface area contributed by atoms with E-state index < -0.39 is 6.29 Å². The van der Waals surface area contributed by atoms with Crippen LogP contribution in [0.1, 0.15) is 61.1 Å². The Morgan fingerprint density at radius 2 is 1.62 bits per heavy atom. The smallest absolute Gasteiger partial charge is 0.288 e. The van der Waals surface area contributed by atoms with E-state index in [9.17, 15) is 14.3 Å². The van der Waals surface area contributed by atoms with Crippen LogP contribution >= 0.6 is 0 Å². The number of carbonyl (C=O) groups excluding carboxylic acids is 1. The first kappa shape index (κ1) is 25.9. The third-order valence-corrected chi connectivity index (χ3v) is 7.87. The van der Waals surface area contributed by atoms with E-state index in [1.54, 1.807) is 12.1 Å². The Hall–Kier alpha value is -2.74. The minimum atomic E-state index is -0.595. The third-order valence-electron chi connectivity index (χ3n) is 7.87. The van der Waals surface area contributed by atoms with E-state index >= 15 is 0 Å². The summed E-state index contributed by atoms with van der Waals surface area (Å²) < 4.78 is 25.8. The molecule has 1 N–H and O–H groups in total. The van der Waals surface area contributed by atoms with Gasteiger partial charge in [0.25, 0.3) is 5.91 Å². The van der Waals surface area contributed by atoms with Gasteiger partial charge < -0.3 is 24.4 Å². The van der Waals surface area contributed by atoms with Gasteiger partial charge in [-0.3, -0.25) is 4.79 Å². The fourth-order valence-electron chi connectivity index (χ4n) is 5.66. The number of ether oxygens (including phenoxy) is 2. The first-order chi connectivity index (χ1) is 18.1. The molecule has 1 amide bonds. The SMILES string of the molecule is O=C(C1=C[C@H](c2ccc(F)cc2)C[C@H](OCc2ccc(CO)cc2)O1)N1CCC(N2CCCCC2)CC1. The zero-order valence-corrected chi connectivity index (χ0v) is 21.4. The van der Waals surface area contributed by atoms with Crippen LogP contribution in [0.5, 0.6) is 0 Å². The van der Waals surface area contributed by atoms with Crippen molar-refractivity contribution in [2.45, 2.75) is 70.0 Å². The van der Waals surface area contributed by atoms with Crippen molar-refractivity contribution in [1.29, 1.82) is 0 Å². The molecule has 3 heterocycles. The van der Waals surface area contributed by atoms with E-state index in [2.05, 4.69) is 4.90 Å². The highest BCUT2D eigenvalue weighted by Gasteiger charge is 2.34. The summed E-state index contributed by atoms with van der Waals surface area (Å²) in [6, 6.07) is 14.5. The maximum absolute atomic E-state index is 13.6. The fraction of sp³-hybridized carbons (Fsp3) is 0.500. The lowest BCUT2D eigenvalue weighted by Crippen LogP contribution is -2.49. The molecule has 198 valence electrons.